The number of nitrogens with two attached hydrogens (primary N) is 1. The summed E-state index contributed by atoms with van der Waals surface area (Å²) in [4.78, 5) is 4.90. The van der Waals surface area contributed by atoms with Crippen molar-refractivity contribution in [1.29, 1.82) is 0 Å². The van der Waals surface area contributed by atoms with E-state index >= 15 is 0 Å². The molecule has 0 saturated carbocycles. The molecule has 8 heteroatoms. The number of benzene rings is 1. The van der Waals surface area contributed by atoms with Crippen molar-refractivity contribution in [2.24, 2.45) is 10.8 Å². The zero-order valence-electron chi connectivity index (χ0n) is 10.3. The summed E-state index contributed by atoms with van der Waals surface area (Å²) < 4.78 is 15.9. The van der Waals surface area contributed by atoms with Gasteiger partial charge in [0.2, 0.25) is 0 Å². The highest BCUT2D eigenvalue weighted by atomic mass is 35.5. The number of nitrogens with one attached hydrogen (secondary N) is 2. The minimum atomic E-state index is -0.628. The molecule has 1 rings (SSSR count). The molecule has 0 spiro atoms. The lowest BCUT2D eigenvalue weighted by Gasteiger charge is -2.16. The van der Waals surface area contributed by atoms with E-state index in [-0.39, 0.29) is 0 Å². The number of hydrogen-bond donors (Lipinski definition) is 3. The largest absolute Gasteiger partial charge is 0.311 e. The Morgan fingerprint density at radius 1 is 1.47 bits per heavy atom. The second kappa shape index (κ2) is 8.60. The summed E-state index contributed by atoms with van der Waals surface area (Å²) in [6.45, 7) is 1.74. The first-order chi connectivity index (χ1) is 9.12. The molecule has 0 heterocycles. The van der Waals surface area contributed by atoms with Gasteiger partial charge in [-0.15, -0.1) is 0 Å². The zero-order chi connectivity index (χ0) is 14.3. The Balaban J connectivity index is 2.67. The number of alkyl halides is 1. The normalized spacial score (nSPS) is 13.4. The van der Waals surface area contributed by atoms with Gasteiger partial charge in [-0.2, -0.15) is 0 Å². The van der Waals surface area contributed by atoms with Gasteiger partial charge in [-0.3, -0.25) is 4.99 Å². The molecule has 1 aromatic rings. The third-order valence-corrected chi connectivity index (χ3v) is 3.80. The number of rotatable bonds is 6. The van der Waals surface area contributed by atoms with E-state index in [1.165, 1.54) is 11.9 Å². The molecule has 0 aliphatic heterocycles. The Labute approximate surface area is 126 Å². The van der Waals surface area contributed by atoms with Gasteiger partial charge in [0.1, 0.15) is 18.6 Å². The smallest absolute Gasteiger partial charge is 0.131 e. The summed E-state index contributed by atoms with van der Waals surface area (Å²) in [5.41, 5.74) is 2.40. The van der Waals surface area contributed by atoms with Crippen LogP contribution in [0.1, 0.15) is 6.92 Å². The molecule has 4 N–H and O–H groups in total. The lowest BCUT2D eigenvalue weighted by Crippen LogP contribution is -2.46. The average Bonchev–Trinajstić information content (AvgIpc) is 2.42. The van der Waals surface area contributed by atoms with Gasteiger partial charge in [0.25, 0.3) is 0 Å². The van der Waals surface area contributed by atoms with Gasteiger partial charge in [0, 0.05) is 11.4 Å². The standard InChI is InChI=1S/C11H15Cl2FN4S/c1-2-16-11(17-15)10(6-14)18-19-7-3-4-8(12)9(13)5-7/h3-5,10,18H,2,6,15H2,1H3,(H,16,17)/t10-/m1/s1. The summed E-state index contributed by atoms with van der Waals surface area (Å²) in [5.74, 6) is 5.69. The molecule has 0 bridgehead atoms. The first-order valence-electron chi connectivity index (χ1n) is 5.56. The van der Waals surface area contributed by atoms with Crippen LogP contribution in [0.25, 0.3) is 0 Å². The fourth-order valence-corrected chi connectivity index (χ4v) is 2.40. The highest BCUT2D eigenvalue weighted by Gasteiger charge is 2.15. The third kappa shape index (κ3) is 5.16. The van der Waals surface area contributed by atoms with Crippen LogP contribution >= 0.6 is 35.1 Å². The molecule has 0 unspecified atom stereocenters. The molecule has 4 nitrogen and oxygen atoms in total. The fraction of sp³-hybridized carbons (Fsp3) is 0.364. The average molecular weight is 325 g/mol. The van der Waals surface area contributed by atoms with Gasteiger partial charge in [0.05, 0.1) is 10.0 Å². The van der Waals surface area contributed by atoms with Gasteiger partial charge < -0.3 is 5.43 Å². The molecule has 1 atom stereocenters. The quantitative estimate of drug-likeness (QED) is 0.247. The van der Waals surface area contributed by atoms with E-state index in [9.17, 15) is 4.39 Å². The number of halogens is 3. The first kappa shape index (κ1) is 16.5. The number of hydrogen-bond acceptors (Lipinski definition) is 4. The molecule has 19 heavy (non-hydrogen) atoms. The minimum Gasteiger partial charge on any atom is -0.311 e. The molecule has 0 radical (unpaired) electrons. The number of hydrazine groups is 1. The second-order valence-electron chi connectivity index (χ2n) is 3.51. The number of amidine groups is 1. The van der Waals surface area contributed by atoms with Crippen molar-refractivity contribution in [1.82, 2.24) is 10.1 Å². The van der Waals surface area contributed by atoms with Crippen LogP contribution in [-0.4, -0.2) is 25.1 Å². The predicted molar refractivity (Wildman–Crippen MR) is 80.5 cm³/mol. The van der Waals surface area contributed by atoms with Crippen molar-refractivity contribution in [2.45, 2.75) is 17.9 Å². The first-order valence-corrected chi connectivity index (χ1v) is 7.14. The van der Waals surface area contributed by atoms with Gasteiger partial charge in [-0.25, -0.2) is 15.0 Å². The van der Waals surface area contributed by atoms with Crippen LogP contribution in [0.5, 0.6) is 0 Å². The van der Waals surface area contributed by atoms with Crippen molar-refractivity contribution in [2.75, 3.05) is 13.2 Å². The van der Waals surface area contributed by atoms with Crippen molar-refractivity contribution in [3.63, 3.8) is 0 Å². The highest BCUT2D eigenvalue weighted by Crippen LogP contribution is 2.26. The maximum Gasteiger partial charge on any atom is 0.131 e. The Bertz CT molecular complexity index is 445. The molecule has 1 aromatic carbocycles. The van der Waals surface area contributed by atoms with Gasteiger partial charge >= 0.3 is 0 Å². The topological polar surface area (TPSA) is 62.4 Å². The van der Waals surface area contributed by atoms with Crippen LogP contribution in [0, 0.1) is 0 Å². The van der Waals surface area contributed by atoms with E-state index in [2.05, 4.69) is 15.1 Å². The third-order valence-electron chi connectivity index (χ3n) is 2.17. The maximum absolute atomic E-state index is 13.0. The zero-order valence-corrected chi connectivity index (χ0v) is 12.6. The van der Waals surface area contributed by atoms with Crippen LogP contribution in [0.4, 0.5) is 4.39 Å². The van der Waals surface area contributed by atoms with Crippen molar-refractivity contribution in [3.05, 3.63) is 28.2 Å². The summed E-state index contributed by atoms with van der Waals surface area (Å²) in [5, 5.41) is 0.926. The predicted octanol–water partition coefficient (Wildman–Crippen LogP) is 2.81. The van der Waals surface area contributed by atoms with E-state index in [0.29, 0.717) is 22.4 Å². The Morgan fingerprint density at radius 2 is 2.21 bits per heavy atom. The van der Waals surface area contributed by atoms with E-state index in [1.54, 1.807) is 18.2 Å². The van der Waals surface area contributed by atoms with Crippen LogP contribution in [-0.2, 0) is 0 Å². The second-order valence-corrected chi connectivity index (χ2v) is 5.23. The van der Waals surface area contributed by atoms with Crippen LogP contribution in [0.3, 0.4) is 0 Å². The van der Waals surface area contributed by atoms with E-state index < -0.39 is 12.7 Å². The maximum atomic E-state index is 13.0. The SMILES string of the molecule is CCN=C(NN)[C@@H](CF)NSc1ccc(Cl)c(Cl)c1. The molecule has 106 valence electrons. The van der Waals surface area contributed by atoms with Gasteiger partial charge in [-0.1, -0.05) is 23.2 Å². The Hall–Kier alpha value is -0.530. The van der Waals surface area contributed by atoms with Crippen LogP contribution in [0.15, 0.2) is 28.1 Å². The lowest BCUT2D eigenvalue weighted by atomic mass is 10.3. The molecule has 0 aromatic heterocycles. The molecule has 0 aliphatic rings. The summed E-state index contributed by atoms with van der Waals surface area (Å²) in [7, 11) is 0. The number of nitrogens with zero attached hydrogens (tertiary/aromatic N) is 1. The highest BCUT2D eigenvalue weighted by molar-refractivity contribution is 7.97. The monoisotopic (exact) mass is 324 g/mol. The van der Waals surface area contributed by atoms with Crippen molar-refractivity contribution < 1.29 is 4.39 Å². The Kier molecular flexibility index (Phi) is 7.48. The van der Waals surface area contributed by atoms with E-state index in [4.69, 9.17) is 29.0 Å². The summed E-state index contributed by atoms with van der Waals surface area (Å²) >= 11 is 13.0. The van der Waals surface area contributed by atoms with E-state index in [1.807, 2.05) is 6.92 Å². The van der Waals surface area contributed by atoms with Gasteiger partial charge in [-0.05, 0) is 37.1 Å². The molecule has 0 saturated heterocycles. The fourth-order valence-electron chi connectivity index (χ4n) is 1.27. The molecular formula is C11H15Cl2FN4S. The number of aliphatic imine (C=N–C) groups is 1. The van der Waals surface area contributed by atoms with Gasteiger partial charge in [0.15, 0.2) is 0 Å². The summed E-state index contributed by atoms with van der Waals surface area (Å²) in [6.07, 6.45) is 0. The molecular weight excluding hydrogens is 310 g/mol. The lowest BCUT2D eigenvalue weighted by molar-refractivity contribution is 0.460. The summed E-state index contributed by atoms with van der Waals surface area (Å²) in [6, 6.07) is 4.56. The molecule has 0 aliphatic carbocycles. The van der Waals surface area contributed by atoms with Crippen LogP contribution < -0.4 is 16.0 Å². The van der Waals surface area contributed by atoms with E-state index in [0.717, 1.165) is 4.90 Å². The Morgan fingerprint density at radius 3 is 2.74 bits per heavy atom. The van der Waals surface area contributed by atoms with Crippen LogP contribution in [0.2, 0.25) is 10.0 Å². The molecule has 0 amide bonds. The van der Waals surface area contributed by atoms with Crippen molar-refractivity contribution >= 4 is 41.0 Å². The minimum absolute atomic E-state index is 0.373. The molecule has 0 fully saturated rings. The van der Waals surface area contributed by atoms with Crippen molar-refractivity contribution in [3.8, 4) is 0 Å².